The molecule has 5 N–H and O–H groups in total. The average Bonchev–Trinajstić information content (AvgIpc) is 3.34. The molecule has 0 spiro atoms. The zero-order valence-electron chi connectivity index (χ0n) is 18.5. The zero-order chi connectivity index (χ0) is 27.4. The van der Waals surface area contributed by atoms with E-state index in [1.54, 1.807) is 6.07 Å². The van der Waals surface area contributed by atoms with Gasteiger partial charge in [0.1, 0.15) is 29.5 Å². The molecule has 1 fully saturated rings. The number of nitrogens with two attached hydrogens (primary N) is 1. The van der Waals surface area contributed by atoms with E-state index in [0.717, 1.165) is 4.90 Å². The maximum absolute atomic E-state index is 12.9. The van der Waals surface area contributed by atoms with Crippen molar-refractivity contribution in [3.8, 4) is 0 Å². The van der Waals surface area contributed by atoms with Gasteiger partial charge in [0, 0.05) is 25.4 Å². The second-order valence-corrected chi connectivity index (χ2v) is 8.17. The number of carboxylic acids is 2. The molecule has 1 saturated heterocycles. The fraction of sp³-hybridized carbons (Fsp3) is 0.421. The predicted octanol–water partition coefficient (Wildman–Crippen LogP) is 0.189. The number of carboxylic acid groups (broad SMARTS) is 2. The minimum Gasteiger partial charge on any atom is -0.477 e. The number of nitrogens with zero attached hydrogens (tertiary/aromatic N) is 1. The third-order valence-corrected chi connectivity index (χ3v) is 6.14. The molecule has 17 heteroatoms. The standard InChI is InChI=1S/C17H19N3O8S.C2HF3O2/c1-8(21)28-6-9-7-29-16-17(26-2,15(25)20(16)12(9)14(23)24)19-13(22)11(18)10-4-3-5-27-10;3-2(4,5)1(6)7/h3-5,11,16H,6-7,18H2,1-2H3,(H,19,22)(H,23,24);(H,6,7)/t11?,16-,17+;/m1./s1. The summed E-state index contributed by atoms with van der Waals surface area (Å²) in [5.74, 6) is -5.81. The largest absolute Gasteiger partial charge is 0.490 e. The van der Waals surface area contributed by atoms with Crippen LogP contribution in [0.4, 0.5) is 13.2 Å². The van der Waals surface area contributed by atoms with Gasteiger partial charge < -0.3 is 35.2 Å². The minimum atomic E-state index is -5.08. The van der Waals surface area contributed by atoms with Gasteiger partial charge in [-0.25, -0.2) is 9.59 Å². The quantitative estimate of drug-likeness (QED) is 0.209. The third kappa shape index (κ3) is 5.80. The van der Waals surface area contributed by atoms with Gasteiger partial charge in [0.25, 0.3) is 11.6 Å². The summed E-state index contributed by atoms with van der Waals surface area (Å²) in [6.45, 7) is 0.943. The van der Waals surface area contributed by atoms with Crippen molar-refractivity contribution >= 4 is 41.5 Å². The van der Waals surface area contributed by atoms with Crippen LogP contribution in [0.3, 0.4) is 0 Å². The predicted molar refractivity (Wildman–Crippen MR) is 112 cm³/mol. The molecule has 2 aliphatic heterocycles. The topological polar surface area (TPSA) is 199 Å². The summed E-state index contributed by atoms with van der Waals surface area (Å²) in [6, 6.07) is 1.90. The second kappa shape index (κ2) is 11.0. The van der Waals surface area contributed by atoms with Crippen LogP contribution in [0.1, 0.15) is 18.7 Å². The number of esters is 1. The molecule has 2 aliphatic rings. The van der Waals surface area contributed by atoms with Gasteiger partial charge in [-0.15, -0.1) is 11.8 Å². The number of aliphatic carboxylic acids is 2. The molecular weight excluding hydrogens is 519 g/mol. The van der Waals surface area contributed by atoms with Crippen molar-refractivity contribution in [1.82, 2.24) is 10.2 Å². The number of thioether (sulfide) groups is 1. The second-order valence-electron chi connectivity index (χ2n) is 7.10. The number of carbonyl (C=O) groups is 5. The summed E-state index contributed by atoms with van der Waals surface area (Å²) in [6.07, 6.45) is -3.73. The third-order valence-electron chi connectivity index (χ3n) is 4.77. The highest BCUT2D eigenvalue weighted by molar-refractivity contribution is 8.00. The van der Waals surface area contributed by atoms with Crippen LogP contribution in [0.15, 0.2) is 34.1 Å². The number of furan rings is 1. The first kappa shape index (κ1) is 28.7. The summed E-state index contributed by atoms with van der Waals surface area (Å²) < 4.78 is 47.0. The van der Waals surface area contributed by atoms with E-state index in [4.69, 9.17) is 29.5 Å². The van der Waals surface area contributed by atoms with Gasteiger partial charge in [-0.1, -0.05) is 0 Å². The number of methoxy groups -OCH3 is 1. The van der Waals surface area contributed by atoms with Crippen LogP contribution < -0.4 is 11.1 Å². The van der Waals surface area contributed by atoms with Crippen LogP contribution in [0.2, 0.25) is 0 Å². The number of halogens is 3. The van der Waals surface area contributed by atoms with Gasteiger partial charge in [-0.05, 0) is 12.1 Å². The lowest BCUT2D eigenvalue weighted by molar-refractivity contribution is -0.193. The SMILES string of the molecule is CO[C@@]1(NC(=O)C(N)c2ccco2)C(=O)N2C(C(=O)O)=C(COC(C)=O)CS[C@@H]21.O=C(O)C(F)(F)F. The first-order chi connectivity index (χ1) is 16.7. The molecule has 3 rings (SSSR count). The Bertz CT molecular complexity index is 1080. The van der Waals surface area contributed by atoms with Crippen molar-refractivity contribution in [3.05, 3.63) is 35.4 Å². The smallest absolute Gasteiger partial charge is 0.477 e. The van der Waals surface area contributed by atoms with Crippen molar-refractivity contribution in [1.29, 1.82) is 0 Å². The highest BCUT2D eigenvalue weighted by Crippen LogP contribution is 2.46. The van der Waals surface area contributed by atoms with E-state index in [2.05, 4.69) is 5.32 Å². The van der Waals surface area contributed by atoms with Gasteiger partial charge in [-0.3, -0.25) is 19.3 Å². The van der Waals surface area contributed by atoms with Crippen LogP contribution in [-0.4, -0.2) is 81.6 Å². The summed E-state index contributed by atoms with van der Waals surface area (Å²) in [5, 5.41) is 18.4. The van der Waals surface area contributed by atoms with Gasteiger partial charge in [-0.2, -0.15) is 13.2 Å². The lowest BCUT2D eigenvalue weighted by atomic mass is 9.97. The number of ether oxygens (including phenoxy) is 2. The van der Waals surface area contributed by atoms with E-state index in [9.17, 15) is 37.5 Å². The summed E-state index contributed by atoms with van der Waals surface area (Å²) in [7, 11) is 1.23. The molecule has 1 unspecified atom stereocenters. The molecule has 1 aromatic heterocycles. The monoisotopic (exact) mass is 539 g/mol. The Morgan fingerprint density at radius 2 is 1.97 bits per heavy atom. The molecule has 36 heavy (non-hydrogen) atoms. The molecule has 0 aromatic carbocycles. The Morgan fingerprint density at radius 3 is 2.42 bits per heavy atom. The van der Waals surface area contributed by atoms with Crippen molar-refractivity contribution in [2.24, 2.45) is 5.73 Å². The fourth-order valence-electron chi connectivity index (χ4n) is 3.10. The number of rotatable bonds is 7. The van der Waals surface area contributed by atoms with Crippen molar-refractivity contribution in [3.63, 3.8) is 0 Å². The number of hydrogen-bond donors (Lipinski definition) is 4. The van der Waals surface area contributed by atoms with Gasteiger partial charge in [0.15, 0.2) is 0 Å². The van der Waals surface area contributed by atoms with Crippen LogP contribution >= 0.6 is 11.8 Å². The van der Waals surface area contributed by atoms with E-state index < -0.39 is 53.0 Å². The molecule has 3 heterocycles. The van der Waals surface area contributed by atoms with E-state index in [1.165, 1.54) is 38.1 Å². The molecule has 0 radical (unpaired) electrons. The molecule has 0 saturated carbocycles. The Kier molecular flexibility index (Phi) is 8.76. The van der Waals surface area contributed by atoms with Crippen molar-refractivity contribution < 1.29 is 61.2 Å². The fourth-order valence-corrected chi connectivity index (χ4v) is 4.52. The number of nitrogens with one attached hydrogen (secondary N) is 1. The number of carbonyl (C=O) groups excluding carboxylic acids is 3. The molecule has 1 aromatic rings. The highest BCUT2D eigenvalue weighted by atomic mass is 32.2. The van der Waals surface area contributed by atoms with E-state index in [-0.39, 0.29) is 29.4 Å². The van der Waals surface area contributed by atoms with Crippen LogP contribution in [0, 0.1) is 0 Å². The molecule has 13 nitrogen and oxygen atoms in total. The first-order valence-electron chi connectivity index (χ1n) is 9.67. The molecule has 0 aliphatic carbocycles. The average molecular weight is 539 g/mol. The van der Waals surface area contributed by atoms with Gasteiger partial charge in [0.05, 0.1) is 6.26 Å². The van der Waals surface area contributed by atoms with E-state index >= 15 is 0 Å². The highest BCUT2D eigenvalue weighted by Gasteiger charge is 2.67. The number of amides is 2. The Hall–Kier alpha value is -3.57. The van der Waals surface area contributed by atoms with Gasteiger partial charge in [0.2, 0.25) is 5.91 Å². The Balaban J connectivity index is 0.000000572. The van der Waals surface area contributed by atoms with Crippen LogP contribution in [0.5, 0.6) is 0 Å². The number of β-lactam (4-membered cyclic amide) rings is 1. The number of hydrogen-bond acceptors (Lipinski definition) is 10. The lowest BCUT2D eigenvalue weighted by Gasteiger charge is -2.55. The molecular formula is C19H20F3N3O10S. The van der Waals surface area contributed by atoms with Gasteiger partial charge >= 0.3 is 24.1 Å². The number of alkyl halides is 3. The van der Waals surface area contributed by atoms with Crippen molar-refractivity contribution in [2.75, 3.05) is 19.5 Å². The molecule has 198 valence electrons. The van der Waals surface area contributed by atoms with Crippen LogP contribution in [0.25, 0.3) is 0 Å². The van der Waals surface area contributed by atoms with Crippen molar-refractivity contribution in [2.45, 2.75) is 30.2 Å². The molecule has 2 amide bonds. The normalized spacial score (nSPS) is 21.9. The minimum absolute atomic E-state index is 0.161. The first-order valence-corrected chi connectivity index (χ1v) is 10.7. The summed E-state index contributed by atoms with van der Waals surface area (Å²) in [4.78, 5) is 58.2. The number of fused-ring (bicyclic) bond motifs is 1. The van der Waals surface area contributed by atoms with E-state index in [0.29, 0.717) is 0 Å². The summed E-state index contributed by atoms with van der Waals surface area (Å²) >= 11 is 1.17. The zero-order valence-corrected chi connectivity index (χ0v) is 19.3. The lowest BCUT2D eigenvalue weighted by Crippen LogP contribution is -2.81. The molecule has 3 atom stereocenters. The van der Waals surface area contributed by atoms with Crippen LogP contribution in [-0.2, 0) is 33.4 Å². The maximum atomic E-state index is 12.9. The Morgan fingerprint density at radius 1 is 1.36 bits per heavy atom. The molecule has 0 bridgehead atoms. The Labute approximate surface area is 204 Å². The summed E-state index contributed by atoms with van der Waals surface area (Å²) in [5.41, 5.74) is 4.05. The van der Waals surface area contributed by atoms with E-state index in [1.807, 2.05) is 0 Å². The maximum Gasteiger partial charge on any atom is 0.490 e.